The van der Waals surface area contributed by atoms with Crippen molar-refractivity contribution in [3.8, 4) is 22.8 Å². The van der Waals surface area contributed by atoms with Crippen LogP contribution < -0.4 is 5.43 Å². The second-order valence-electron chi connectivity index (χ2n) is 6.95. The first-order valence-electron chi connectivity index (χ1n) is 9.83. The van der Waals surface area contributed by atoms with Crippen LogP contribution in [0, 0.1) is 0 Å². The largest absolute Gasteiger partial charge is 0.287 e. The Morgan fingerprint density at radius 2 is 1.73 bits per heavy atom. The third-order valence-electron chi connectivity index (χ3n) is 5.12. The summed E-state index contributed by atoms with van der Waals surface area (Å²) in [6, 6.07) is 21.4. The minimum absolute atomic E-state index is 0.0837. The normalized spacial score (nSPS) is 11.1. The van der Waals surface area contributed by atoms with E-state index in [4.69, 9.17) is 5.10 Å². The number of aromatic nitrogens is 5. The molecule has 0 fully saturated rings. The highest BCUT2D eigenvalue weighted by Crippen LogP contribution is 2.22. The smallest absolute Gasteiger partial charge is 0.212 e. The standard InChI is InChI=1S/C24H19N5O/c1-2-17-16-28(20-12-6-8-18-9-7-14-25-22(18)20)27-23(24(17)30)21-13-15-26-29(21)19-10-4-3-5-11-19/h3-16H,2H2,1H3. The summed E-state index contributed by atoms with van der Waals surface area (Å²) in [7, 11) is 0. The minimum Gasteiger partial charge on any atom is -0.287 e. The number of fused-ring (bicyclic) bond motifs is 1. The van der Waals surface area contributed by atoms with E-state index in [1.807, 2.05) is 73.7 Å². The van der Waals surface area contributed by atoms with Gasteiger partial charge in [-0.1, -0.05) is 43.3 Å². The molecule has 0 bridgehead atoms. The van der Waals surface area contributed by atoms with Crippen LogP contribution in [0.5, 0.6) is 0 Å². The third-order valence-corrected chi connectivity index (χ3v) is 5.12. The minimum atomic E-state index is -0.0837. The molecule has 3 aromatic heterocycles. The average Bonchev–Trinajstić information content (AvgIpc) is 3.29. The number of aryl methyl sites for hydroxylation is 1. The highest BCUT2D eigenvalue weighted by molar-refractivity contribution is 5.86. The molecule has 146 valence electrons. The van der Waals surface area contributed by atoms with Crippen LogP contribution >= 0.6 is 0 Å². The second kappa shape index (κ2) is 7.40. The molecule has 3 heterocycles. The topological polar surface area (TPSA) is 65.6 Å². The fourth-order valence-corrected chi connectivity index (χ4v) is 3.61. The molecule has 0 spiro atoms. The number of hydrogen-bond donors (Lipinski definition) is 0. The van der Waals surface area contributed by atoms with Gasteiger partial charge < -0.3 is 0 Å². The lowest BCUT2D eigenvalue weighted by Gasteiger charge is -2.13. The number of nitrogens with zero attached hydrogens (tertiary/aromatic N) is 5. The summed E-state index contributed by atoms with van der Waals surface area (Å²) in [6.45, 7) is 1.97. The van der Waals surface area contributed by atoms with Crippen molar-refractivity contribution >= 4 is 10.9 Å². The van der Waals surface area contributed by atoms with Crippen molar-refractivity contribution in [1.82, 2.24) is 24.5 Å². The van der Waals surface area contributed by atoms with Crippen LogP contribution in [0.15, 0.2) is 90.1 Å². The summed E-state index contributed by atoms with van der Waals surface area (Å²) in [6.07, 6.45) is 5.86. The summed E-state index contributed by atoms with van der Waals surface area (Å²) in [4.78, 5) is 17.7. The van der Waals surface area contributed by atoms with Gasteiger partial charge in [0.05, 0.1) is 28.8 Å². The molecule has 0 aliphatic carbocycles. The molecular formula is C24H19N5O. The molecule has 0 saturated carbocycles. The van der Waals surface area contributed by atoms with Gasteiger partial charge in [0.1, 0.15) is 0 Å². The van der Waals surface area contributed by atoms with E-state index in [1.54, 1.807) is 28.0 Å². The van der Waals surface area contributed by atoms with Gasteiger partial charge in [0.2, 0.25) is 5.43 Å². The monoisotopic (exact) mass is 393 g/mol. The highest BCUT2D eigenvalue weighted by atomic mass is 16.1. The van der Waals surface area contributed by atoms with Crippen LogP contribution in [0.1, 0.15) is 12.5 Å². The maximum Gasteiger partial charge on any atom is 0.212 e. The summed E-state index contributed by atoms with van der Waals surface area (Å²) < 4.78 is 3.50. The van der Waals surface area contributed by atoms with Crippen LogP contribution in [-0.4, -0.2) is 24.5 Å². The molecular weight excluding hydrogens is 374 g/mol. The van der Waals surface area contributed by atoms with Crippen molar-refractivity contribution in [1.29, 1.82) is 0 Å². The van der Waals surface area contributed by atoms with Gasteiger partial charge in [0.25, 0.3) is 0 Å². The van der Waals surface area contributed by atoms with E-state index in [-0.39, 0.29) is 5.43 Å². The molecule has 6 nitrogen and oxygen atoms in total. The Hall–Kier alpha value is -4.06. The first-order chi connectivity index (χ1) is 14.8. The Morgan fingerprint density at radius 3 is 2.57 bits per heavy atom. The van der Waals surface area contributed by atoms with Gasteiger partial charge in [-0.25, -0.2) is 9.36 Å². The molecule has 30 heavy (non-hydrogen) atoms. The van der Waals surface area contributed by atoms with Gasteiger partial charge in [-0.3, -0.25) is 9.78 Å². The quantitative estimate of drug-likeness (QED) is 0.459. The molecule has 5 rings (SSSR count). The molecule has 5 aromatic rings. The lowest BCUT2D eigenvalue weighted by atomic mass is 10.1. The van der Waals surface area contributed by atoms with Gasteiger partial charge in [0, 0.05) is 23.3 Å². The molecule has 0 N–H and O–H groups in total. The molecule has 6 heteroatoms. The van der Waals surface area contributed by atoms with Gasteiger partial charge in [-0.2, -0.15) is 10.2 Å². The SMILES string of the molecule is CCc1cn(-c2cccc3cccnc23)nc(-c2ccnn2-c2ccccc2)c1=O. The van der Waals surface area contributed by atoms with Crippen molar-refractivity contribution in [2.75, 3.05) is 0 Å². The molecule has 0 saturated heterocycles. The second-order valence-corrected chi connectivity index (χ2v) is 6.95. The van der Waals surface area contributed by atoms with E-state index >= 15 is 0 Å². The molecule has 2 aromatic carbocycles. The Labute approximate surface area is 173 Å². The van der Waals surface area contributed by atoms with Gasteiger partial charge in [-0.15, -0.1) is 0 Å². The number of benzene rings is 2. The summed E-state index contributed by atoms with van der Waals surface area (Å²) in [5.41, 5.74) is 4.16. The molecule has 0 radical (unpaired) electrons. The predicted octanol–water partition coefficient (Wildman–Crippen LogP) is 4.20. The Morgan fingerprint density at radius 1 is 0.900 bits per heavy atom. The first kappa shape index (κ1) is 18.0. The molecule has 0 aliphatic heterocycles. The Bertz CT molecular complexity index is 1400. The summed E-state index contributed by atoms with van der Waals surface area (Å²) in [5, 5.41) is 10.2. The van der Waals surface area contributed by atoms with Crippen LogP contribution in [0.3, 0.4) is 0 Å². The van der Waals surface area contributed by atoms with E-state index < -0.39 is 0 Å². The van der Waals surface area contributed by atoms with E-state index in [0.29, 0.717) is 23.4 Å². The number of hydrogen-bond acceptors (Lipinski definition) is 4. The zero-order valence-corrected chi connectivity index (χ0v) is 16.4. The van der Waals surface area contributed by atoms with Gasteiger partial charge in [-0.05, 0) is 36.8 Å². The maximum atomic E-state index is 13.2. The van der Waals surface area contributed by atoms with Crippen molar-refractivity contribution in [3.05, 3.63) is 101 Å². The lowest BCUT2D eigenvalue weighted by Crippen LogP contribution is -2.20. The van der Waals surface area contributed by atoms with Crippen molar-refractivity contribution in [2.24, 2.45) is 0 Å². The Kier molecular flexibility index (Phi) is 4.44. The number of pyridine rings is 1. The van der Waals surface area contributed by atoms with E-state index in [1.165, 1.54) is 0 Å². The highest BCUT2D eigenvalue weighted by Gasteiger charge is 2.17. The van der Waals surface area contributed by atoms with Gasteiger partial charge in [0.15, 0.2) is 5.69 Å². The zero-order chi connectivity index (χ0) is 20.5. The predicted molar refractivity (Wildman–Crippen MR) is 117 cm³/mol. The zero-order valence-electron chi connectivity index (χ0n) is 16.4. The average molecular weight is 393 g/mol. The fourth-order valence-electron chi connectivity index (χ4n) is 3.61. The first-order valence-corrected chi connectivity index (χ1v) is 9.83. The van der Waals surface area contributed by atoms with E-state index in [0.717, 1.165) is 22.3 Å². The Balaban J connectivity index is 1.76. The third kappa shape index (κ3) is 2.99. The molecule has 0 unspecified atom stereocenters. The fraction of sp³-hybridized carbons (Fsp3) is 0.0833. The van der Waals surface area contributed by atoms with E-state index in [9.17, 15) is 4.79 Å². The summed E-state index contributed by atoms with van der Waals surface area (Å²) >= 11 is 0. The molecule has 0 atom stereocenters. The van der Waals surface area contributed by atoms with Crippen LogP contribution in [0.4, 0.5) is 0 Å². The lowest BCUT2D eigenvalue weighted by molar-refractivity contribution is 0.810. The molecule has 0 aliphatic rings. The molecule has 0 amide bonds. The number of rotatable bonds is 4. The van der Waals surface area contributed by atoms with Crippen LogP contribution in [0.2, 0.25) is 0 Å². The maximum absolute atomic E-state index is 13.2. The van der Waals surface area contributed by atoms with Crippen LogP contribution in [-0.2, 0) is 6.42 Å². The van der Waals surface area contributed by atoms with E-state index in [2.05, 4.69) is 10.1 Å². The van der Waals surface area contributed by atoms with Crippen molar-refractivity contribution in [3.63, 3.8) is 0 Å². The van der Waals surface area contributed by atoms with Crippen LogP contribution in [0.25, 0.3) is 33.7 Å². The van der Waals surface area contributed by atoms with Crippen molar-refractivity contribution < 1.29 is 0 Å². The van der Waals surface area contributed by atoms with Gasteiger partial charge >= 0.3 is 0 Å². The summed E-state index contributed by atoms with van der Waals surface area (Å²) in [5.74, 6) is 0. The van der Waals surface area contributed by atoms with Crippen molar-refractivity contribution in [2.45, 2.75) is 13.3 Å². The number of para-hydroxylation sites is 2.